The maximum absolute atomic E-state index is 12.9. The molecule has 3 rings (SSSR count). The predicted molar refractivity (Wildman–Crippen MR) is 119 cm³/mol. The fourth-order valence-corrected chi connectivity index (χ4v) is 4.65. The number of halogens is 1. The van der Waals surface area contributed by atoms with Crippen LogP contribution < -0.4 is 10.0 Å². The number of morpholine rings is 1. The summed E-state index contributed by atoms with van der Waals surface area (Å²) in [7, 11) is -3.85. The highest BCUT2D eigenvalue weighted by Crippen LogP contribution is 2.15. The summed E-state index contributed by atoms with van der Waals surface area (Å²) in [6.45, 7) is 4.20. The van der Waals surface area contributed by atoms with Crippen LogP contribution in [-0.2, 0) is 26.0 Å². The van der Waals surface area contributed by atoms with E-state index in [1.54, 1.807) is 12.1 Å². The Hall–Kier alpha value is -1.78. The Morgan fingerprint density at radius 2 is 1.73 bits per heavy atom. The van der Waals surface area contributed by atoms with Crippen molar-refractivity contribution < 1.29 is 17.9 Å². The van der Waals surface area contributed by atoms with Crippen LogP contribution in [0.3, 0.4) is 0 Å². The van der Waals surface area contributed by atoms with Gasteiger partial charge in [0.1, 0.15) is 6.04 Å². The summed E-state index contributed by atoms with van der Waals surface area (Å²) >= 11 is 3.30. The molecule has 1 heterocycles. The Bertz CT molecular complexity index is 917. The minimum Gasteiger partial charge on any atom is -0.379 e. The quantitative estimate of drug-likeness (QED) is 0.553. The Labute approximate surface area is 186 Å². The first-order valence-corrected chi connectivity index (χ1v) is 12.1. The van der Waals surface area contributed by atoms with E-state index < -0.39 is 16.1 Å². The third-order valence-electron chi connectivity index (χ3n) is 4.85. The molecule has 7 nitrogen and oxygen atoms in total. The lowest BCUT2D eigenvalue weighted by atomic mass is 10.1. The van der Waals surface area contributed by atoms with Gasteiger partial charge in [-0.15, -0.1) is 0 Å². The molecule has 162 valence electrons. The molecule has 1 aliphatic heterocycles. The second-order valence-electron chi connectivity index (χ2n) is 7.06. The van der Waals surface area contributed by atoms with Gasteiger partial charge in [-0.3, -0.25) is 9.69 Å². The topological polar surface area (TPSA) is 87.7 Å². The molecule has 0 bridgehead atoms. The highest BCUT2D eigenvalue weighted by molar-refractivity contribution is 9.10. The SMILES string of the molecule is O=C(NCCN1CCOCC1)[C@@H](Cc1ccccc1)NS(=O)(=O)c1ccc(Br)cc1. The van der Waals surface area contributed by atoms with Gasteiger partial charge in [-0.1, -0.05) is 46.3 Å². The number of nitrogens with one attached hydrogen (secondary N) is 2. The van der Waals surface area contributed by atoms with E-state index >= 15 is 0 Å². The van der Waals surface area contributed by atoms with Crippen LogP contribution >= 0.6 is 15.9 Å². The Balaban J connectivity index is 1.67. The first-order chi connectivity index (χ1) is 14.4. The molecule has 0 aliphatic carbocycles. The van der Waals surface area contributed by atoms with Gasteiger partial charge in [0.05, 0.1) is 18.1 Å². The minimum absolute atomic E-state index is 0.116. The summed E-state index contributed by atoms with van der Waals surface area (Å²) in [5.41, 5.74) is 0.879. The van der Waals surface area contributed by atoms with Gasteiger partial charge in [-0.25, -0.2) is 8.42 Å². The summed E-state index contributed by atoms with van der Waals surface area (Å²) in [4.78, 5) is 15.2. The third-order valence-corrected chi connectivity index (χ3v) is 6.87. The van der Waals surface area contributed by atoms with Crippen LogP contribution in [0.15, 0.2) is 64.0 Å². The third kappa shape index (κ3) is 6.88. The van der Waals surface area contributed by atoms with Crippen molar-refractivity contribution in [1.82, 2.24) is 14.9 Å². The first-order valence-electron chi connectivity index (χ1n) is 9.84. The number of carbonyl (C=O) groups excluding carboxylic acids is 1. The van der Waals surface area contributed by atoms with E-state index in [2.05, 4.69) is 30.9 Å². The number of ether oxygens (including phenoxy) is 1. The van der Waals surface area contributed by atoms with Crippen LogP contribution in [0.4, 0.5) is 0 Å². The molecule has 1 aliphatic rings. The van der Waals surface area contributed by atoms with Crippen LogP contribution in [-0.4, -0.2) is 64.7 Å². The van der Waals surface area contributed by atoms with E-state index in [4.69, 9.17) is 4.74 Å². The van der Waals surface area contributed by atoms with Gasteiger partial charge in [0.2, 0.25) is 15.9 Å². The van der Waals surface area contributed by atoms with Crippen LogP contribution in [0.2, 0.25) is 0 Å². The lowest BCUT2D eigenvalue weighted by Gasteiger charge is -2.27. The van der Waals surface area contributed by atoms with Crippen molar-refractivity contribution in [1.29, 1.82) is 0 Å². The van der Waals surface area contributed by atoms with Crippen molar-refractivity contribution in [3.8, 4) is 0 Å². The van der Waals surface area contributed by atoms with E-state index in [1.165, 1.54) is 12.1 Å². The molecular formula is C21H26BrN3O4S. The zero-order valence-corrected chi connectivity index (χ0v) is 19.0. The Morgan fingerprint density at radius 1 is 1.07 bits per heavy atom. The molecule has 1 amide bonds. The van der Waals surface area contributed by atoms with Gasteiger partial charge in [0, 0.05) is 30.7 Å². The zero-order valence-electron chi connectivity index (χ0n) is 16.6. The van der Waals surface area contributed by atoms with Gasteiger partial charge in [0.25, 0.3) is 0 Å². The average Bonchev–Trinajstić information content (AvgIpc) is 2.75. The van der Waals surface area contributed by atoms with E-state index in [0.29, 0.717) is 26.3 Å². The molecule has 1 saturated heterocycles. The lowest BCUT2D eigenvalue weighted by molar-refractivity contribution is -0.122. The molecule has 30 heavy (non-hydrogen) atoms. The van der Waals surface area contributed by atoms with E-state index in [1.807, 2.05) is 30.3 Å². The molecule has 0 unspecified atom stereocenters. The second kappa shape index (κ2) is 11.0. The maximum Gasteiger partial charge on any atom is 0.241 e. The molecule has 1 atom stereocenters. The van der Waals surface area contributed by atoms with Gasteiger partial charge < -0.3 is 10.1 Å². The molecule has 0 saturated carbocycles. The molecule has 0 spiro atoms. The summed E-state index contributed by atoms with van der Waals surface area (Å²) in [6.07, 6.45) is 0.264. The van der Waals surface area contributed by atoms with E-state index in [9.17, 15) is 13.2 Å². The molecule has 2 aromatic rings. The van der Waals surface area contributed by atoms with Gasteiger partial charge in [0.15, 0.2) is 0 Å². The average molecular weight is 496 g/mol. The number of nitrogens with zero attached hydrogens (tertiary/aromatic N) is 1. The molecule has 1 fully saturated rings. The number of hydrogen-bond acceptors (Lipinski definition) is 5. The summed E-state index contributed by atoms with van der Waals surface area (Å²) < 4.78 is 34.4. The van der Waals surface area contributed by atoms with Crippen LogP contribution in [0, 0.1) is 0 Å². The zero-order chi connectivity index (χ0) is 21.4. The van der Waals surface area contributed by atoms with Crippen molar-refractivity contribution in [2.45, 2.75) is 17.4 Å². The number of hydrogen-bond donors (Lipinski definition) is 2. The highest BCUT2D eigenvalue weighted by atomic mass is 79.9. The van der Waals surface area contributed by atoms with Crippen LogP contribution in [0.25, 0.3) is 0 Å². The van der Waals surface area contributed by atoms with Gasteiger partial charge >= 0.3 is 0 Å². The summed E-state index contributed by atoms with van der Waals surface area (Å²) in [5, 5.41) is 2.88. The van der Waals surface area contributed by atoms with Crippen molar-refractivity contribution in [2.24, 2.45) is 0 Å². The minimum atomic E-state index is -3.85. The van der Waals surface area contributed by atoms with Crippen LogP contribution in [0.5, 0.6) is 0 Å². The Kier molecular flexibility index (Phi) is 8.41. The van der Waals surface area contributed by atoms with Crippen molar-refractivity contribution in [3.63, 3.8) is 0 Å². The molecule has 0 aromatic heterocycles. The van der Waals surface area contributed by atoms with Crippen molar-refractivity contribution in [2.75, 3.05) is 39.4 Å². The molecule has 2 N–H and O–H groups in total. The van der Waals surface area contributed by atoms with E-state index in [-0.39, 0.29) is 17.2 Å². The fraction of sp³-hybridized carbons (Fsp3) is 0.381. The standard InChI is InChI=1S/C21H26BrN3O4S/c22-18-6-8-19(9-7-18)30(27,28)24-20(16-17-4-2-1-3-5-17)21(26)23-10-11-25-12-14-29-15-13-25/h1-9,20,24H,10-16H2,(H,23,26)/t20-/m1/s1. The number of amides is 1. The summed E-state index contributed by atoms with van der Waals surface area (Å²) in [5.74, 6) is -0.340. The lowest BCUT2D eigenvalue weighted by Crippen LogP contribution is -2.49. The van der Waals surface area contributed by atoms with Crippen molar-refractivity contribution >= 4 is 31.9 Å². The Morgan fingerprint density at radius 3 is 2.40 bits per heavy atom. The van der Waals surface area contributed by atoms with Crippen molar-refractivity contribution in [3.05, 3.63) is 64.6 Å². The van der Waals surface area contributed by atoms with Gasteiger partial charge in [-0.05, 0) is 36.2 Å². The first kappa shape index (κ1) is 22.9. The molecular weight excluding hydrogens is 470 g/mol. The van der Waals surface area contributed by atoms with E-state index in [0.717, 1.165) is 23.1 Å². The number of sulfonamides is 1. The molecule has 2 aromatic carbocycles. The number of benzene rings is 2. The fourth-order valence-electron chi connectivity index (χ4n) is 3.19. The predicted octanol–water partition coefficient (Wildman–Crippen LogP) is 1.79. The normalized spacial score (nSPS) is 16.2. The molecule has 0 radical (unpaired) electrons. The largest absolute Gasteiger partial charge is 0.379 e. The molecule has 9 heteroatoms. The maximum atomic E-state index is 12.9. The number of rotatable bonds is 9. The van der Waals surface area contributed by atoms with Crippen LogP contribution in [0.1, 0.15) is 5.56 Å². The second-order valence-corrected chi connectivity index (χ2v) is 9.69. The smallest absolute Gasteiger partial charge is 0.241 e. The number of carbonyl (C=O) groups is 1. The summed E-state index contributed by atoms with van der Waals surface area (Å²) in [6, 6.07) is 14.8. The monoisotopic (exact) mass is 495 g/mol. The van der Waals surface area contributed by atoms with Gasteiger partial charge in [-0.2, -0.15) is 4.72 Å². The highest BCUT2D eigenvalue weighted by Gasteiger charge is 2.26.